The fourth-order valence-corrected chi connectivity index (χ4v) is 2.42. The molecule has 0 saturated heterocycles. The Morgan fingerprint density at radius 1 is 1.56 bits per heavy atom. The molecule has 1 aromatic heterocycles. The Kier molecular flexibility index (Phi) is 2.12. The minimum absolute atomic E-state index is 0.333. The van der Waals surface area contributed by atoms with Crippen molar-refractivity contribution in [3.05, 3.63) is 11.9 Å². The van der Waals surface area contributed by atoms with Crippen LogP contribution in [0.5, 0.6) is 0 Å². The van der Waals surface area contributed by atoms with Gasteiger partial charge in [0.2, 0.25) is 5.95 Å². The molecule has 1 aromatic rings. The van der Waals surface area contributed by atoms with E-state index in [2.05, 4.69) is 10.3 Å². The van der Waals surface area contributed by atoms with Crippen LogP contribution in [0.1, 0.15) is 30.9 Å². The number of imidazole rings is 1. The number of nitrogens with one attached hydrogen (secondary N) is 1. The lowest BCUT2D eigenvalue weighted by atomic mass is 9.83. The van der Waals surface area contributed by atoms with Crippen molar-refractivity contribution in [1.29, 1.82) is 0 Å². The minimum atomic E-state index is -0.730. The highest BCUT2D eigenvalue weighted by molar-refractivity contribution is 5.71. The molecule has 1 aliphatic heterocycles. The molecule has 1 unspecified atom stereocenters. The number of rotatable bonds is 2. The zero-order valence-corrected chi connectivity index (χ0v) is 9.02. The molecular formula is C11H15N3O2. The second-order valence-electron chi connectivity index (χ2n) is 4.66. The van der Waals surface area contributed by atoms with Gasteiger partial charge in [0.15, 0.2) is 0 Å². The Bertz CT molecular complexity index is 423. The minimum Gasteiger partial charge on any atom is -0.481 e. The van der Waals surface area contributed by atoms with Crippen molar-refractivity contribution in [3.8, 4) is 0 Å². The molecule has 5 nitrogen and oxygen atoms in total. The van der Waals surface area contributed by atoms with Crippen molar-refractivity contribution in [2.75, 3.05) is 11.9 Å². The van der Waals surface area contributed by atoms with Gasteiger partial charge in [-0.25, -0.2) is 4.98 Å². The van der Waals surface area contributed by atoms with E-state index in [0.717, 1.165) is 5.95 Å². The number of fused-ring (bicyclic) bond motifs is 1. The average Bonchev–Trinajstić information content (AvgIpc) is 2.59. The third-order valence-corrected chi connectivity index (χ3v) is 3.67. The molecule has 0 bridgehead atoms. The van der Waals surface area contributed by atoms with Gasteiger partial charge in [-0.05, 0) is 12.8 Å². The highest BCUT2D eigenvalue weighted by Gasteiger charge is 2.30. The fourth-order valence-electron chi connectivity index (χ4n) is 2.42. The number of carboxylic acids is 1. The Morgan fingerprint density at radius 2 is 2.38 bits per heavy atom. The Balaban J connectivity index is 1.88. The molecule has 0 aromatic carbocycles. The van der Waals surface area contributed by atoms with E-state index in [9.17, 15) is 4.79 Å². The summed E-state index contributed by atoms with van der Waals surface area (Å²) in [5, 5.41) is 12.1. The first-order valence-electron chi connectivity index (χ1n) is 5.78. The van der Waals surface area contributed by atoms with Crippen molar-refractivity contribution >= 4 is 11.9 Å². The maximum absolute atomic E-state index is 11.0. The summed E-state index contributed by atoms with van der Waals surface area (Å²) in [7, 11) is 0. The molecular weight excluding hydrogens is 206 g/mol. The third-order valence-electron chi connectivity index (χ3n) is 3.67. The monoisotopic (exact) mass is 221 g/mol. The standard InChI is InChI=1S/C11H15N3O2/c15-10(16)8-4-12-11-13-5-9(14(11)6-8)7-2-1-3-7/h5,7-8H,1-4,6H2,(H,12,13)(H,15,16). The Labute approximate surface area is 93.5 Å². The molecule has 0 spiro atoms. The van der Waals surface area contributed by atoms with Crippen molar-refractivity contribution in [1.82, 2.24) is 9.55 Å². The smallest absolute Gasteiger partial charge is 0.310 e. The van der Waals surface area contributed by atoms with Gasteiger partial charge in [0, 0.05) is 24.7 Å². The normalized spacial score (nSPS) is 24.4. The van der Waals surface area contributed by atoms with Crippen LogP contribution in [-0.2, 0) is 11.3 Å². The summed E-state index contributed by atoms with van der Waals surface area (Å²) in [5.74, 6) is 0.363. The Morgan fingerprint density at radius 3 is 3.00 bits per heavy atom. The summed E-state index contributed by atoms with van der Waals surface area (Å²) < 4.78 is 2.05. The summed E-state index contributed by atoms with van der Waals surface area (Å²) in [6.07, 6.45) is 5.60. The van der Waals surface area contributed by atoms with Gasteiger partial charge in [-0.15, -0.1) is 0 Å². The van der Waals surface area contributed by atoms with Gasteiger partial charge in [-0.2, -0.15) is 0 Å². The van der Waals surface area contributed by atoms with Crippen LogP contribution in [0, 0.1) is 5.92 Å². The van der Waals surface area contributed by atoms with E-state index in [1.165, 1.54) is 25.0 Å². The van der Waals surface area contributed by atoms with Crippen LogP contribution < -0.4 is 5.32 Å². The highest BCUT2D eigenvalue weighted by Crippen LogP contribution is 2.38. The molecule has 1 aliphatic carbocycles. The number of aromatic nitrogens is 2. The lowest BCUT2D eigenvalue weighted by Crippen LogP contribution is -2.34. The second kappa shape index (κ2) is 3.50. The lowest BCUT2D eigenvalue weighted by molar-refractivity contribution is -0.141. The van der Waals surface area contributed by atoms with Gasteiger partial charge < -0.3 is 15.0 Å². The van der Waals surface area contributed by atoms with E-state index >= 15 is 0 Å². The van der Waals surface area contributed by atoms with E-state index in [4.69, 9.17) is 5.11 Å². The molecule has 16 heavy (non-hydrogen) atoms. The summed E-state index contributed by atoms with van der Waals surface area (Å²) in [6, 6.07) is 0. The molecule has 5 heteroatoms. The zero-order chi connectivity index (χ0) is 11.1. The summed E-state index contributed by atoms with van der Waals surface area (Å²) >= 11 is 0. The van der Waals surface area contributed by atoms with Gasteiger partial charge in [0.25, 0.3) is 0 Å². The third kappa shape index (κ3) is 1.38. The highest BCUT2D eigenvalue weighted by atomic mass is 16.4. The van der Waals surface area contributed by atoms with Gasteiger partial charge in [0.1, 0.15) is 0 Å². The molecule has 3 rings (SSSR count). The maximum Gasteiger partial charge on any atom is 0.310 e. The van der Waals surface area contributed by atoms with E-state index < -0.39 is 5.97 Å². The fraction of sp³-hybridized carbons (Fsp3) is 0.636. The SMILES string of the molecule is O=C(O)C1CNc2ncc(C3CCC3)n2C1. The first-order chi connectivity index (χ1) is 7.75. The second-order valence-corrected chi connectivity index (χ2v) is 4.66. The number of hydrogen-bond donors (Lipinski definition) is 2. The van der Waals surface area contributed by atoms with Crippen LogP contribution in [0.25, 0.3) is 0 Å². The van der Waals surface area contributed by atoms with Gasteiger partial charge in [-0.3, -0.25) is 4.79 Å². The molecule has 86 valence electrons. The molecule has 2 N–H and O–H groups in total. The molecule has 1 saturated carbocycles. The molecule has 2 heterocycles. The van der Waals surface area contributed by atoms with Crippen molar-refractivity contribution in [2.45, 2.75) is 31.7 Å². The average molecular weight is 221 g/mol. The summed E-state index contributed by atoms with van der Waals surface area (Å²) in [6.45, 7) is 1.04. The van der Waals surface area contributed by atoms with E-state index in [-0.39, 0.29) is 5.92 Å². The van der Waals surface area contributed by atoms with Gasteiger partial charge in [-0.1, -0.05) is 6.42 Å². The van der Waals surface area contributed by atoms with E-state index in [1.54, 1.807) is 0 Å². The first-order valence-corrected chi connectivity index (χ1v) is 5.78. The Hall–Kier alpha value is -1.52. The lowest BCUT2D eigenvalue weighted by Gasteiger charge is -2.29. The largest absolute Gasteiger partial charge is 0.481 e. The number of hydrogen-bond acceptors (Lipinski definition) is 3. The van der Waals surface area contributed by atoms with Crippen molar-refractivity contribution in [3.63, 3.8) is 0 Å². The number of aliphatic carboxylic acids is 1. The first kappa shape index (κ1) is 9.69. The van der Waals surface area contributed by atoms with Crippen LogP contribution in [0.3, 0.4) is 0 Å². The number of nitrogens with zero attached hydrogens (tertiary/aromatic N) is 2. The van der Waals surface area contributed by atoms with Crippen molar-refractivity contribution in [2.24, 2.45) is 5.92 Å². The number of carboxylic acid groups (broad SMARTS) is 1. The summed E-state index contributed by atoms with van der Waals surface area (Å²) in [4.78, 5) is 15.3. The van der Waals surface area contributed by atoms with Gasteiger partial charge in [0.05, 0.1) is 12.1 Å². The molecule has 0 amide bonds. The number of carbonyl (C=O) groups is 1. The maximum atomic E-state index is 11.0. The van der Waals surface area contributed by atoms with Crippen LogP contribution in [-0.4, -0.2) is 27.2 Å². The molecule has 2 aliphatic rings. The van der Waals surface area contributed by atoms with E-state index in [0.29, 0.717) is 19.0 Å². The van der Waals surface area contributed by atoms with Gasteiger partial charge >= 0.3 is 5.97 Å². The predicted octanol–water partition coefficient (Wildman–Crippen LogP) is 1.28. The quantitative estimate of drug-likeness (QED) is 0.789. The molecule has 1 fully saturated rings. The van der Waals surface area contributed by atoms with Crippen LogP contribution >= 0.6 is 0 Å². The van der Waals surface area contributed by atoms with Crippen LogP contribution in [0.4, 0.5) is 5.95 Å². The topological polar surface area (TPSA) is 67.2 Å². The molecule has 1 atom stereocenters. The number of anilines is 1. The van der Waals surface area contributed by atoms with Crippen molar-refractivity contribution < 1.29 is 9.90 Å². The zero-order valence-electron chi connectivity index (χ0n) is 9.02. The van der Waals surface area contributed by atoms with E-state index in [1.807, 2.05) is 10.8 Å². The van der Waals surface area contributed by atoms with Crippen LogP contribution in [0.15, 0.2) is 6.20 Å². The van der Waals surface area contributed by atoms with Crippen LogP contribution in [0.2, 0.25) is 0 Å². The summed E-state index contributed by atoms with van der Waals surface area (Å²) in [5.41, 5.74) is 1.21. The predicted molar refractivity (Wildman–Crippen MR) is 58.4 cm³/mol. The molecule has 0 radical (unpaired) electrons.